The molecule has 21 heavy (non-hydrogen) atoms. The molecule has 3 N–H and O–H groups in total. The molecular weight excluding hydrogens is 260 g/mol. The molecule has 0 bridgehead atoms. The molecule has 0 saturated carbocycles. The van der Waals surface area contributed by atoms with Crippen LogP contribution in [0.1, 0.15) is 69.4 Å². The molecule has 0 atom stereocenters. The van der Waals surface area contributed by atoms with E-state index in [-0.39, 0.29) is 5.91 Å². The summed E-state index contributed by atoms with van der Waals surface area (Å²) in [6, 6.07) is 5.98. The maximum absolute atomic E-state index is 12.0. The van der Waals surface area contributed by atoms with Crippen LogP contribution in [0.5, 0.6) is 0 Å². The van der Waals surface area contributed by atoms with Gasteiger partial charge >= 0.3 is 0 Å². The Labute approximate surface area is 129 Å². The standard InChI is InChI=1S/C18H30N2O/c1-3-4-5-6-7-8-9-10-18(21)20-17-13-16(14-19)12-11-15(17)2/h11-13H,3-10,14,19H2,1-2H3,(H,20,21). The van der Waals surface area contributed by atoms with Gasteiger partial charge in [0.05, 0.1) is 0 Å². The normalized spacial score (nSPS) is 10.6. The third-order valence-corrected chi connectivity index (χ3v) is 3.82. The van der Waals surface area contributed by atoms with E-state index in [4.69, 9.17) is 5.73 Å². The highest BCUT2D eigenvalue weighted by Gasteiger charge is 2.05. The number of aryl methyl sites for hydroxylation is 1. The van der Waals surface area contributed by atoms with Gasteiger partial charge in [0, 0.05) is 18.7 Å². The Morgan fingerprint density at radius 2 is 1.76 bits per heavy atom. The molecule has 118 valence electrons. The van der Waals surface area contributed by atoms with Crippen LogP contribution in [0.4, 0.5) is 5.69 Å². The molecule has 1 aromatic rings. The van der Waals surface area contributed by atoms with Gasteiger partial charge in [0.1, 0.15) is 0 Å². The fourth-order valence-corrected chi connectivity index (χ4v) is 2.39. The lowest BCUT2D eigenvalue weighted by Crippen LogP contribution is -2.12. The first kappa shape index (κ1) is 17.7. The Balaban J connectivity index is 2.24. The summed E-state index contributed by atoms with van der Waals surface area (Å²) in [5.41, 5.74) is 8.66. The minimum atomic E-state index is 0.112. The summed E-state index contributed by atoms with van der Waals surface area (Å²) in [6.07, 6.45) is 9.23. The Kier molecular flexibility index (Phi) is 8.76. The first-order valence-electron chi connectivity index (χ1n) is 8.26. The third-order valence-electron chi connectivity index (χ3n) is 3.82. The maximum atomic E-state index is 12.0. The number of hydrogen-bond donors (Lipinski definition) is 2. The minimum Gasteiger partial charge on any atom is -0.326 e. The van der Waals surface area contributed by atoms with Crippen LogP contribution in [0.25, 0.3) is 0 Å². The first-order chi connectivity index (χ1) is 10.2. The first-order valence-corrected chi connectivity index (χ1v) is 8.26. The summed E-state index contributed by atoms with van der Waals surface area (Å²) in [7, 11) is 0. The van der Waals surface area contributed by atoms with Gasteiger partial charge in [-0.2, -0.15) is 0 Å². The molecule has 0 unspecified atom stereocenters. The average Bonchev–Trinajstić information content (AvgIpc) is 2.48. The summed E-state index contributed by atoms with van der Waals surface area (Å²) in [5, 5.41) is 3.00. The zero-order chi connectivity index (χ0) is 15.5. The number of hydrogen-bond acceptors (Lipinski definition) is 2. The quantitative estimate of drug-likeness (QED) is 0.622. The van der Waals surface area contributed by atoms with Gasteiger partial charge in [-0.15, -0.1) is 0 Å². The fourth-order valence-electron chi connectivity index (χ4n) is 2.39. The van der Waals surface area contributed by atoms with Crippen LogP contribution in [0.3, 0.4) is 0 Å². The summed E-state index contributed by atoms with van der Waals surface area (Å²) in [4.78, 5) is 12.0. The summed E-state index contributed by atoms with van der Waals surface area (Å²) in [5.74, 6) is 0.112. The molecule has 0 aromatic heterocycles. The summed E-state index contributed by atoms with van der Waals surface area (Å²) < 4.78 is 0. The number of nitrogens with one attached hydrogen (secondary N) is 1. The van der Waals surface area contributed by atoms with Crippen molar-refractivity contribution in [2.75, 3.05) is 5.32 Å². The van der Waals surface area contributed by atoms with E-state index in [2.05, 4.69) is 12.2 Å². The Bertz CT molecular complexity index is 429. The number of carbonyl (C=O) groups is 1. The second-order valence-electron chi connectivity index (χ2n) is 5.77. The minimum absolute atomic E-state index is 0.112. The molecule has 0 spiro atoms. The summed E-state index contributed by atoms with van der Waals surface area (Å²) >= 11 is 0. The molecule has 0 heterocycles. The Morgan fingerprint density at radius 1 is 1.10 bits per heavy atom. The SMILES string of the molecule is CCCCCCCCCC(=O)Nc1cc(CN)ccc1C. The van der Waals surface area contributed by atoms with Gasteiger partial charge in [0.2, 0.25) is 5.91 Å². The van der Waals surface area contributed by atoms with Crippen molar-refractivity contribution in [3.8, 4) is 0 Å². The van der Waals surface area contributed by atoms with Crippen LogP contribution in [0, 0.1) is 6.92 Å². The van der Waals surface area contributed by atoms with Crippen molar-refractivity contribution in [1.82, 2.24) is 0 Å². The van der Waals surface area contributed by atoms with Crippen molar-refractivity contribution >= 4 is 11.6 Å². The smallest absolute Gasteiger partial charge is 0.224 e. The maximum Gasteiger partial charge on any atom is 0.224 e. The van der Waals surface area contributed by atoms with E-state index < -0.39 is 0 Å². The van der Waals surface area contributed by atoms with E-state index in [1.165, 1.54) is 32.1 Å². The van der Waals surface area contributed by atoms with E-state index in [9.17, 15) is 4.79 Å². The molecule has 0 saturated heterocycles. The molecule has 3 nitrogen and oxygen atoms in total. The average molecular weight is 290 g/mol. The van der Waals surface area contributed by atoms with Gasteiger partial charge in [0.25, 0.3) is 0 Å². The van der Waals surface area contributed by atoms with Crippen molar-refractivity contribution in [3.05, 3.63) is 29.3 Å². The van der Waals surface area contributed by atoms with Crippen LogP contribution in [0.15, 0.2) is 18.2 Å². The van der Waals surface area contributed by atoms with E-state index in [0.29, 0.717) is 13.0 Å². The Hall–Kier alpha value is -1.35. The topological polar surface area (TPSA) is 55.1 Å². The number of benzene rings is 1. The molecule has 3 heteroatoms. The van der Waals surface area contributed by atoms with Crippen molar-refractivity contribution < 1.29 is 4.79 Å². The molecular formula is C18H30N2O. The number of amides is 1. The molecule has 0 radical (unpaired) electrons. The third kappa shape index (κ3) is 7.28. The highest BCUT2D eigenvalue weighted by Crippen LogP contribution is 2.17. The van der Waals surface area contributed by atoms with Crippen molar-refractivity contribution in [3.63, 3.8) is 0 Å². The predicted molar refractivity (Wildman–Crippen MR) is 90.3 cm³/mol. The molecule has 1 amide bonds. The van der Waals surface area contributed by atoms with Crippen molar-refractivity contribution in [2.24, 2.45) is 5.73 Å². The Morgan fingerprint density at radius 3 is 2.43 bits per heavy atom. The second kappa shape index (κ2) is 10.4. The highest BCUT2D eigenvalue weighted by molar-refractivity contribution is 5.91. The highest BCUT2D eigenvalue weighted by atomic mass is 16.1. The lowest BCUT2D eigenvalue weighted by molar-refractivity contribution is -0.116. The van der Waals surface area contributed by atoms with Gasteiger partial charge in [0.15, 0.2) is 0 Å². The van der Waals surface area contributed by atoms with Crippen molar-refractivity contribution in [2.45, 2.75) is 71.8 Å². The number of unbranched alkanes of at least 4 members (excludes halogenated alkanes) is 6. The van der Waals surface area contributed by atoms with Crippen molar-refractivity contribution in [1.29, 1.82) is 0 Å². The number of carbonyl (C=O) groups excluding carboxylic acids is 1. The van der Waals surface area contributed by atoms with Gasteiger partial charge in [-0.1, -0.05) is 57.6 Å². The molecule has 1 rings (SSSR count). The van der Waals surface area contributed by atoms with E-state index in [0.717, 1.165) is 29.7 Å². The van der Waals surface area contributed by atoms with Crippen LogP contribution >= 0.6 is 0 Å². The predicted octanol–water partition coefficient (Wildman–Crippen LogP) is 4.53. The van der Waals surface area contributed by atoms with Crippen LogP contribution in [-0.4, -0.2) is 5.91 Å². The lowest BCUT2D eigenvalue weighted by Gasteiger charge is -2.10. The summed E-state index contributed by atoms with van der Waals surface area (Å²) in [6.45, 7) is 4.73. The van der Waals surface area contributed by atoms with E-state index in [1.54, 1.807) is 0 Å². The number of anilines is 1. The number of nitrogens with two attached hydrogens (primary N) is 1. The van der Waals surface area contributed by atoms with Crippen LogP contribution < -0.4 is 11.1 Å². The number of rotatable bonds is 10. The lowest BCUT2D eigenvalue weighted by atomic mass is 10.1. The van der Waals surface area contributed by atoms with Gasteiger partial charge in [-0.3, -0.25) is 4.79 Å². The van der Waals surface area contributed by atoms with Crippen LogP contribution in [0.2, 0.25) is 0 Å². The van der Waals surface area contributed by atoms with E-state index in [1.807, 2.05) is 25.1 Å². The molecule has 0 fully saturated rings. The van der Waals surface area contributed by atoms with E-state index >= 15 is 0 Å². The molecule has 0 aliphatic rings. The second-order valence-corrected chi connectivity index (χ2v) is 5.77. The largest absolute Gasteiger partial charge is 0.326 e. The van der Waals surface area contributed by atoms with Gasteiger partial charge in [-0.05, 0) is 30.5 Å². The molecule has 1 aromatic carbocycles. The van der Waals surface area contributed by atoms with Gasteiger partial charge < -0.3 is 11.1 Å². The zero-order valence-corrected chi connectivity index (χ0v) is 13.6. The molecule has 0 aliphatic carbocycles. The molecule has 0 aliphatic heterocycles. The van der Waals surface area contributed by atoms with Gasteiger partial charge in [-0.25, -0.2) is 0 Å². The van der Waals surface area contributed by atoms with Crippen LogP contribution in [-0.2, 0) is 11.3 Å². The monoisotopic (exact) mass is 290 g/mol. The fraction of sp³-hybridized carbons (Fsp3) is 0.611. The zero-order valence-electron chi connectivity index (χ0n) is 13.6.